The van der Waals surface area contributed by atoms with Crippen LogP contribution in [0.4, 0.5) is 4.39 Å². The first-order chi connectivity index (χ1) is 9.51. The average Bonchev–Trinajstić information content (AvgIpc) is 2.41. The van der Waals surface area contributed by atoms with E-state index in [0.717, 1.165) is 5.56 Å². The van der Waals surface area contributed by atoms with Crippen molar-refractivity contribution in [3.63, 3.8) is 0 Å². The van der Waals surface area contributed by atoms with Crippen LogP contribution in [0.2, 0.25) is 10.0 Å². The van der Waals surface area contributed by atoms with Gasteiger partial charge in [0.25, 0.3) is 0 Å². The van der Waals surface area contributed by atoms with Crippen molar-refractivity contribution in [2.45, 2.75) is 20.1 Å². The molecule has 0 heterocycles. The van der Waals surface area contributed by atoms with Gasteiger partial charge in [0, 0.05) is 0 Å². The van der Waals surface area contributed by atoms with Crippen molar-refractivity contribution < 1.29 is 14.2 Å². The van der Waals surface area contributed by atoms with Gasteiger partial charge in [0.15, 0.2) is 11.6 Å². The summed E-state index contributed by atoms with van der Waals surface area (Å²) in [7, 11) is 0. The highest BCUT2D eigenvalue weighted by atomic mass is 35.5. The fourth-order valence-electron chi connectivity index (χ4n) is 1.86. The molecule has 20 heavy (non-hydrogen) atoms. The van der Waals surface area contributed by atoms with Crippen LogP contribution in [0.5, 0.6) is 5.75 Å². The second kappa shape index (κ2) is 6.44. The molecule has 0 aliphatic heterocycles. The summed E-state index contributed by atoms with van der Waals surface area (Å²) in [5.74, 6) is -0.317. The predicted octanol–water partition coefficient (Wildman–Crippen LogP) is 4.51. The van der Waals surface area contributed by atoms with Gasteiger partial charge in [-0.25, -0.2) is 4.39 Å². The van der Waals surface area contributed by atoms with E-state index in [9.17, 15) is 4.39 Å². The molecule has 0 spiro atoms. The average molecular weight is 315 g/mol. The van der Waals surface area contributed by atoms with Crippen LogP contribution in [0.3, 0.4) is 0 Å². The molecule has 2 rings (SSSR count). The second-order valence-corrected chi connectivity index (χ2v) is 5.23. The number of benzene rings is 2. The molecule has 0 bridgehead atoms. The maximum atomic E-state index is 13.9. The van der Waals surface area contributed by atoms with E-state index >= 15 is 0 Å². The van der Waals surface area contributed by atoms with Crippen LogP contribution in [0, 0.1) is 12.7 Å². The standard InChI is InChI=1S/C15H13Cl2FO2/c1-9-4-11(7-19)6-14(18)15(9)20-8-10-2-3-12(16)13(17)5-10/h2-6,19H,7-8H2,1H3. The van der Waals surface area contributed by atoms with E-state index in [-0.39, 0.29) is 19.0 Å². The summed E-state index contributed by atoms with van der Waals surface area (Å²) in [4.78, 5) is 0. The molecular formula is C15H13Cl2FO2. The number of hydrogen-bond donors (Lipinski definition) is 1. The lowest BCUT2D eigenvalue weighted by Crippen LogP contribution is -2.01. The van der Waals surface area contributed by atoms with Gasteiger partial charge in [0.1, 0.15) is 6.61 Å². The van der Waals surface area contributed by atoms with E-state index in [4.69, 9.17) is 33.0 Å². The molecular weight excluding hydrogens is 302 g/mol. The highest BCUT2D eigenvalue weighted by Gasteiger charge is 2.10. The van der Waals surface area contributed by atoms with Gasteiger partial charge < -0.3 is 9.84 Å². The zero-order valence-corrected chi connectivity index (χ0v) is 12.3. The summed E-state index contributed by atoms with van der Waals surface area (Å²) < 4.78 is 19.4. The summed E-state index contributed by atoms with van der Waals surface area (Å²) in [5, 5.41) is 9.90. The number of halogens is 3. The Balaban J connectivity index is 2.16. The van der Waals surface area contributed by atoms with E-state index in [1.165, 1.54) is 6.07 Å². The van der Waals surface area contributed by atoms with Gasteiger partial charge in [0.2, 0.25) is 0 Å². The fourth-order valence-corrected chi connectivity index (χ4v) is 2.18. The number of rotatable bonds is 4. The van der Waals surface area contributed by atoms with Crippen LogP contribution in [0.25, 0.3) is 0 Å². The topological polar surface area (TPSA) is 29.5 Å². The summed E-state index contributed by atoms with van der Waals surface area (Å²) >= 11 is 11.7. The SMILES string of the molecule is Cc1cc(CO)cc(F)c1OCc1ccc(Cl)c(Cl)c1. The molecule has 0 fully saturated rings. The van der Waals surface area contributed by atoms with Crippen molar-refractivity contribution in [1.82, 2.24) is 0 Å². The molecule has 0 atom stereocenters. The van der Waals surface area contributed by atoms with E-state index in [2.05, 4.69) is 0 Å². The summed E-state index contributed by atoms with van der Waals surface area (Å²) in [6.07, 6.45) is 0. The quantitative estimate of drug-likeness (QED) is 0.899. The van der Waals surface area contributed by atoms with E-state index in [0.29, 0.717) is 21.2 Å². The van der Waals surface area contributed by atoms with E-state index in [1.54, 1.807) is 31.2 Å². The van der Waals surface area contributed by atoms with Crippen LogP contribution in [0.1, 0.15) is 16.7 Å². The number of aliphatic hydroxyl groups excluding tert-OH is 1. The van der Waals surface area contributed by atoms with Crippen molar-refractivity contribution in [1.29, 1.82) is 0 Å². The molecule has 1 N–H and O–H groups in total. The normalized spacial score (nSPS) is 10.7. The van der Waals surface area contributed by atoms with Crippen LogP contribution < -0.4 is 4.74 Å². The van der Waals surface area contributed by atoms with Gasteiger partial charge in [-0.05, 0) is 47.9 Å². The molecule has 5 heteroatoms. The maximum absolute atomic E-state index is 13.9. The maximum Gasteiger partial charge on any atom is 0.165 e. The third kappa shape index (κ3) is 3.42. The Morgan fingerprint density at radius 1 is 1.10 bits per heavy atom. The van der Waals surface area contributed by atoms with E-state index in [1.807, 2.05) is 0 Å². The van der Waals surface area contributed by atoms with Crippen molar-refractivity contribution >= 4 is 23.2 Å². The molecule has 0 saturated heterocycles. The molecule has 2 nitrogen and oxygen atoms in total. The third-order valence-electron chi connectivity index (χ3n) is 2.84. The first kappa shape index (κ1) is 15.1. The van der Waals surface area contributed by atoms with Crippen LogP contribution in [0.15, 0.2) is 30.3 Å². The molecule has 0 amide bonds. The molecule has 0 saturated carbocycles. The molecule has 2 aromatic carbocycles. The number of hydrogen-bond acceptors (Lipinski definition) is 2. The van der Waals surface area contributed by atoms with Crippen LogP contribution in [-0.2, 0) is 13.2 Å². The van der Waals surface area contributed by atoms with Gasteiger partial charge >= 0.3 is 0 Å². The lowest BCUT2D eigenvalue weighted by molar-refractivity contribution is 0.275. The molecule has 106 valence electrons. The summed E-state index contributed by atoms with van der Waals surface area (Å²) in [5.41, 5.74) is 1.94. The second-order valence-electron chi connectivity index (χ2n) is 4.42. The summed E-state index contributed by atoms with van der Waals surface area (Å²) in [6.45, 7) is 1.71. The Bertz CT molecular complexity index is 606. The Hall–Kier alpha value is -1.29. The Morgan fingerprint density at radius 3 is 2.45 bits per heavy atom. The Morgan fingerprint density at radius 2 is 1.85 bits per heavy atom. The largest absolute Gasteiger partial charge is 0.486 e. The smallest absolute Gasteiger partial charge is 0.165 e. The number of ether oxygens (including phenoxy) is 1. The Kier molecular flexibility index (Phi) is 4.86. The fraction of sp³-hybridized carbons (Fsp3) is 0.200. The van der Waals surface area contributed by atoms with Crippen molar-refractivity contribution in [2.24, 2.45) is 0 Å². The van der Waals surface area contributed by atoms with Gasteiger partial charge in [-0.15, -0.1) is 0 Å². The minimum atomic E-state index is -0.492. The lowest BCUT2D eigenvalue weighted by Gasteiger charge is -2.12. The minimum absolute atomic E-state index is 0.174. The number of aryl methyl sites for hydroxylation is 1. The summed E-state index contributed by atoms with van der Waals surface area (Å²) in [6, 6.07) is 8.06. The van der Waals surface area contributed by atoms with Crippen molar-refractivity contribution in [2.75, 3.05) is 0 Å². The van der Waals surface area contributed by atoms with E-state index < -0.39 is 5.82 Å². The molecule has 0 aliphatic rings. The monoisotopic (exact) mass is 314 g/mol. The molecule has 0 aliphatic carbocycles. The van der Waals surface area contributed by atoms with Gasteiger partial charge in [0.05, 0.1) is 16.7 Å². The third-order valence-corrected chi connectivity index (χ3v) is 3.58. The highest BCUT2D eigenvalue weighted by Crippen LogP contribution is 2.27. The molecule has 0 radical (unpaired) electrons. The first-order valence-electron chi connectivity index (χ1n) is 5.98. The molecule has 2 aromatic rings. The van der Waals surface area contributed by atoms with Crippen LogP contribution in [-0.4, -0.2) is 5.11 Å². The highest BCUT2D eigenvalue weighted by molar-refractivity contribution is 6.42. The van der Waals surface area contributed by atoms with Gasteiger partial charge in [-0.3, -0.25) is 0 Å². The number of aliphatic hydroxyl groups is 1. The molecule has 0 unspecified atom stereocenters. The first-order valence-corrected chi connectivity index (χ1v) is 6.73. The zero-order chi connectivity index (χ0) is 14.7. The van der Waals surface area contributed by atoms with Gasteiger partial charge in [-0.1, -0.05) is 29.3 Å². The van der Waals surface area contributed by atoms with Crippen molar-refractivity contribution in [3.05, 3.63) is 62.9 Å². The van der Waals surface area contributed by atoms with Crippen molar-refractivity contribution in [3.8, 4) is 5.75 Å². The lowest BCUT2D eigenvalue weighted by atomic mass is 10.1. The molecule has 0 aromatic heterocycles. The Labute approximate surface area is 126 Å². The van der Waals surface area contributed by atoms with Gasteiger partial charge in [-0.2, -0.15) is 0 Å². The minimum Gasteiger partial charge on any atom is -0.486 e. The predicted molar refractivity (Wildman–Crippen MR) is 77.9 cm³/mol. The van der Waals surface area contributed by atoms with Crippen LogP contribution >= 0.6 is 23.2 Å². The zero-order valence-electron chi connectivity index (χ0n) is 10.8.